The van der Waals surface area contributed by atoms with E-state index in [0.29, 0.717) is 19.7 Å². The largest absolute Gasteiger partial charge is 0.394 e. The molecule has 1 aliphatic rings. The summed E-state index contributed by atoms with van der Waals surface area (Å²) in [5, 5.41) is 10.7. The van der Waals surface area contributed by atoms with Gasteiger partial charge in [-0.3, -0.25) is 9.78 Å². The molecule has 0 unspecified atom stereocenters. The third kappa shape index (κ3) is 3.10. The fraction of sp³-hybridized carbons (Fsp3) is 0.412. The lowest BCUT2D eigenvalue weighted by molar-refractivity contribution is -0.00550. The van der Waals surface area contributed by atoms with E-state index in [2.05, 4.69) is 4.98 Å². The molecule has 0 spiro atoms. The highest BCUT2D eigenvalue weighted by Gasteiger charge is 2.24. The van der Waals surface area contributed by atoms with Crippen LogP contribution in [0.15, 0.2) is 36.7 Å². The molecular weight excluding hydrogens is 280 g/mol. The first-order valence-electron chi connectivity index (χ1n) is 7.64. The van der Waals surface area contributed by atoms with Crippen LogP contribution in [-0.4, -0.2) is 53.3 Å². The van der Waals surface area contributed by atoms with Gasteiger partial charge in [0.25, 0.3) is 5.91 Å². The number of benzene rings is 1. The fourth-order valence-corrected chi connectivity index (χ4v) is 2.92. The summed E-state index contributed by atoms with van der Waals surface area (Å²) in [5.41, 5.74) is 0.731. The highest BCUT2D eigenvalue weighted by molar-refractivity contribution is 6.06. The van der Waals surface area contributed by atoms with Gasteiger partial charge in [-0.05, 0) is 30.4 Å². The molecular formula is C17H20N2O3. The second-order valence-corrected chi connectivity index (χ2v) is 5.49. The Labute approximate surface area is 129 Å². The van der Waals surface area contributed by atoms with Crippen LogP contribution in [0.5, 0.6) is 0 Å². The maximum absolute atomic E-state index is 12.8. The van der Waals surface area contributed by atoms with Crippen molar-refractivity contribution in [2.24, 2.45) is 0 Å². The van der Waals surface area contributed by atoms with Gasteiger partial charge in [0, 0.05) is 36.4 Å². The van der Waals surface area contributed by atoms with Crippen molar-refractivity contribution in [2.45, 2.75) is 18.9 Å². The fourth-order valence-electron chi connectivity index (χ4n) is 2.92. The molecule has 5 nitrogen and oxygen atoms in total. The third-order valence-corrected chi connectivity index (χ3v) is 4.09. The number of ether oxygens (including phenoxy) is 1. The molecule has 1 aliphatic heterocycles. The zero-order valence-electron chi connectivity index (χ0n) is 12.4. The number of aromatic nitrogens is 1. The van der Waals surface area contributed by atoms with Gasteiger partial charge in [0.1, 0.15) is 0 Å². The molecule has 0 aliphatic carbocycles. The second kappa shape index (κ2) is 6.85. The van der Waals surface area contributed by atoms with Gasteiger partial charge in [-0.25, -0.2) is 0 Å². The minimum absolute atomic E-state index is 0.0448. The molecule has 1 N–H and O–H groups in total. The molecule has 2 aromatic rings. The monoisotopic (exact) mass is 300 g/mol. The van der Waals surface area contributed by atoms with Crippen molar-refractivity contribution in [2.75, 3.05) is 26.3 Å². The van der Waals surface area contributed by atoms with Gasteiger partial charge in [-0.15, -0.1) is 0 Å². The summed E-state index contributed by atoms with van der Waals surface area (Å²) in [7, 11) is 0. The molecule has 1 saturated heterocycles. The van der Waals surface area contributed by atoms with E-state index in [9.17, 15) is 4.79 Å². The van der Waals surface area contributed by atoms with E-state index in [-0.39, 0.29) is 18.6 Å². The van der Waals surface area contributed by atoms with Crippen molar-refractivity contribution >= 4 is 16.7 Å². The summed E-state index contributed by atoms with van der Waals surface area (Å²) in [4.78, 5) is 18.7. The summed E-state index contributed by atoms with van der Waals surface area (Å²) in [5.74, 6) is 0.0670. The number of fused-ring (bicyclic) bond motifs is 1. The third-order valence-electron chi connectivity index (χ3n) is 4.09. The molecule has 0 radical (unpaired) electrons. The topological polar surface area (TPSA) is 62.7 Å². The molecule has 1 amide bonds. The van der Waals surface area contributed by atoms with Crippen LogP contribution >= 0.6 is 0 Å². The van der Waals surface area contributed by atoms with E-state index in [4.69, 9.17) is 9.84 Å². The average molecular weight is 300 g/mol. The smallest absolute Gasteiger partial charge is 0.254 e. The van der Waals surface area contributed by atoms with Crippen molar-refractivity contribution in [3.05, 3.63) is 42.2 Å². The Morgan fingerprint density at radius 2 is 2.14 bits per heavy atom. The Bertz CT molecular complexity index is 646. The molecule has 0 bridgehead atoms. The SMILES string of the molecule is O=C(c1cccc2cnccc12)N1CCC(OCCO)CC1. The van der Waals surface area contributed by atoms with E-state index < -0.39 is 0 Å². The normalized spacial score (nSPS) is 16.1. The van der Waals surface area contributed by atoms with Crippen LogP contribution in [0.1, 0.15) is 23.2 Å². The van der Waals surface area contributed by atoms with Crippen LogP contribution in [0.25, 0.3) is 10.8 Å². The van der Waals surface area contributed by atoms with Crippen molar-refractivity contribution in [3.63, 3.8) is 0 Å². The average Bonchev–Trinajstić information content (AvgIpc) is 2.59. The van der Waals surface area contributed by atoms with Crippen LogP contribution < -0.4 is 0 Å². The highest BCUT2D eigenvalue weighted by atomic mass is 16.5. The van der Waals surface area contributed by atoms with Crippen LogP contribution in [-0.2, 0) is 4.74 Å². The molecule has 1 fully saturated rings. The van der Waals surface area contributed by atoms with Gasteiger partial charge in [-0.2, -0.15) is 0 Å². The minimum Gasteiger partial charge on any atom is -0.394 e. The number of likely N-dealkylation sites (tertiary alicyclic amines) is 1. The molecule has 116 valence electrons. The zero-order valence-corrected chi connectivity index (χ0v) is 12.4. The number of nitrogens with zero attached hydrogens (tertiary/aromatic N) is 2. The number of pyridine rings is 1. The molecule has 5 heteroatoms. The number of hydrogen-bond donors (Lipinski definition) is 1. The van der Waals surface area contributed by atoms with Gasteiger partial charge in [-0.1, -0.05) is 12.1 Å². The number of hydrogen-bond acceptors (Lipinski definition) is 4. The number of carbonyl (C=O) groups is 1. The lowest BCUT2D eigenvalue weighted by Crippen LogP contribution is -2.41. The van der Waals surface area contributed by atoms with Crippen LogP contribution in [0.2, 0.25) is 0 Å². The summed E-state index contributed by atoms with van der Waals surface area (Å²) in [6.45, 7) is 1.80. The van der Waals surface area contributed by atoms with Crippen molar-refractivity contribution in [1.29, 1.82) is 0 Å². The first-order valence-corrected chi connectivity index (χ1v) is 7.64. The number of amides is 1. The van der Waals surface area contributed by atoms with Crippen molar-refractivity contribution < 1.29 is 14.6 Å². The van der Waals surface area contributed by atoms with Crippen LogP contribution in [0.4, 0.5) is 0 Å². The Kier molecular flexibility index (Phi) is 4.65. The maximum Gasteiger partial charge on any atom is 0.254 e. The minimum atomic E-state index is 0.0448. The predicted molar refractivity (Wildman–Crippen MR) is 83.7 cm³/mol. The number of aliphatic hydroxyl groups is 1. The molecule has 1 aromatic carbocycles. The van der Waals surface area contributed by atoms with E-state index >= 15 is 0 Å². The van der Waals surface area contributed by atoms with Gasteiger partial charge >= 0.3 is 0 Å². The summed E-state index contributed by atoms with van der Waals surface area (Å²) in [6, 6.07) is 7.63. The predicted octanol–water partition coefficient (Wildman–Crippen LogP) is 1.85. The second-order valence-electron chi connectivity index (χ2n) is 5.49. The van der Waals surface area contributed by atoms with Gasteiger partial charge < -0.3 is 14.7 Å². The Morgan fingerprint density at radius 1 is 1.32 bits per heavy atom. The Morgan fingerprint density at radius 3 is 2.91 bits per heavy atom. The summed E-state index contributed by atoms with van der Waals surface area (Å²) < 4.78 is 5.54. The number of aliphatic hydroxyl groups excluding tert-OH is 1. The lowest BCUT2D eigenvalue weighted by atomic mass is 10.0. The lowest BCUT2D eigenvalue weighted by Gasteiger charge is -2.32. The molecule has 0 atom stereocenters. The van der Waals surface area contributed by atoms with Crippen LogP contribution in [0.3, 0.4) is 0 Å². The first kappa shape index (κ1) is 14.9. The highest BCUT2D eigenvalue weighted by Crippen LogP contribution is 2.21. The van der Waals surface area contributed by atoms with Crippen molar-refractivity contribution in [1.82, 2.24) is 9.88 Å². The standard InChI is InChI=1S/C17H20N2O3/c20-10-11-22-14-5-8-19(9-6-14)17(21)16-3-1-2-13-12-18-7-4-15(13)16/h1-4,7,12,14,20H,5-6,8-11H2. The molecule has 1 aromatic heterocycles. The molecule has 22 heavy (non-hydrogen) atoms. The van der Waals surface area contributed by atoms with E-state index in [1.165, 1.54) is 0 Å². The summed E-state index contributed by atoms with van der Waals surface area (Å²) in [6.07, 6.45) is 5.28. The molecule has 2 heterocycles. The Balaban J connectivity index is 1.72. The number of rotatable bonds is 4. The number of carbonyl (C=O) groups excluding carboxylic acids is 1. The quantitative estimate of drug-likeness (QED) is 0.936. The molecule has 0 saturated carbocycles. The zero-order chi connectivity index (χ0) is 15.4. The van der Waals surface area contributed by atoms with Gasteiger partial charge in [0.05, 0.1) is 19.3 Å². The van der Waals surface area contributed by atoms with E-state index in [1.54, 1.807) is 12.4 Å². The van der Waals surface area contributed by atoms with Crippen LogP contribution in [0, 0.1) is 0 Å². The summed E-state index contributed by atoms with van der Waals surface area (Å²) >= 11 is 0. The first-order chi connectivity index (χ1) is 10.8. The van der Waals surface area contributed by atoms with Crippen molar-refractivity contribution in [3.8, 4) is 0 Å². The van der Waals surface area contributed by atoms with E-state index in [1.807, 2.05) is 29.2 Å². The van der Waals surface area contributed by atoms with Gasteiger partial charge in [0.15, 0.2) is 0 Å². The van der Waals surface area contributed by atoms with Gasteiger partial charge in [0.2, 0.25) is 0 Å². The maximum atomic E-state index is 12.8. The van der Waals surface area contributed by atoms with E-state index in [0.717, 1.165) is 29.2 Å². The Hall–Kier alpha value is -1.98. The molecule has 3 rings (SSSR count). The number of piperidine rings is 1.